The lowest BCUT2D eigenvalue weighted by Crippen LogP contribution is -2.41. The van der Waals surface area contributed by atoms with Crippen LogP contribution in [0.1, 0.15) is 51.5 Å². The molecule has 1 saturated carbocycles. The number of likely N-dealkylation sites (tertiary alicyclic amines) is 1. The molecule has 1 atom stereocenters. The van der Waals surface area contributed by atoms with Gasteiger partial charge in [-0.15, -0.1) is 0 Å². The van der Waals surface area contributed by atoms with Crippen LogP contribution in [0, 0.1) is 5.92 Å². The molecule has 1 saturated heterocycles. The molecule has 3 rings (SSSR count). The minimum absolute atomic E-state index is 0.0481. The Kier molecular flexibility index (Phi) is 6.37. The normalized spacial score (nSPS) is 26.6. The van der Waals surface area contributed by atoms with Crippen molar-refractivity contribution in [3.05, 3.63) is 27.7 Å². The smallest absolute Gasteiger partial charge is 0.226 e. The number of carbonyl (C=O) groups excluding carboxylic acids is 1. The van der Waals surface area contributed by atoms with Crippen LogP contribution in [0.4, 0.5) is 0 Å². The maximum absolute atomic E-state index is 12.9. The lowest BCUT2D eigenvalue weighted by Gasteiger charge is -2.33. The summed E-state index contributed by atoms with van der Waals surface area (Å²) < 4.78 is 5.66. The van der Waals surface area contributed by atoms with Gasteiger partial charge >= 0.3 is 0 Å². The minimum atomic E-state index is -0.205. The highest BCUT2D eigenvalue weighted by Crippen LogP contribution is 2.36. The van der Waals surface area contributed by atoms with Crippen LogP contribution in [-0.4, -0.2) is 40.7 Å². The largest absolute Gasteiger partial charge is 0.491 e. The molecule has 1 unspecified atom stereocenters. The quantitative estimate of drug-likeness (QED) is 0.793. The fourth-order valence-electron chi connectivity index (χ4n) is 4.05. The fraction of sp³-hybridized carbons (Fsp3) is 0.650. The molecule has 1 aromatic carbocycles. The van der Waals surface area contributed by atoms with Crippen molar-refractivity contribution in [3.8, 4) is 5.75 Å². The Morgan fingerprint density at radius 2 is 1.77 bits per heavy atom. The number of benzene rings is 1. The van der Waals surface area contributed by atoms with Crippen molar-refractivity contribution in [1.82, 2.24) is 4.90 Å². The number of aliphatic hydroxyl groups is 1. The summed E-state index contributed by atoms with van der Waals surface area (Å²) in [4.78, 5) is 14.9. The van der Waals surface area contributed by atoms with Crippen molar-refractivity contribution in [1.29, 1.82) is 0 Å². The van der Waals surface area contributed by atoms with E-state index >= 15 is 0 Å². The summed E-state index contributed by atoms with van der Waals surface area (Å²) in [5.74, 6) is 0.772. The van der Waals surface area contributed by atoms with E-state index < -0.39 is 0 Å². The van der Waals surface area contributed by atoms with Gasteiger partial charge in [0.1, 0.15) is 5.75 Å². The first-order valence-corrected chi connectivity index (χ1v) is 10.2. The Morgan fingerprint density at radius 3 is 2.35 bits per heavy atom. The van der Waals surface area contributed by atoms with Gasteiger partial charge in [0.25, 0.3) is 0 Å². The Hall–Kier alpha value is -0.970. The summed E-state index contributed by atoms with van der Waals surface area (Å²) >= 11 is 12.9. The highest BCUT2D eigenvalue weighted by molar-refractivity contribution is 6.36. The van der Waals surface area contributed by atoms with Gasteiger partial charge in [-0.25, -0.2) is 0 Å². The molecule has 1 aromatic rings. The molecule has 144 valence electrons. The SMILES string of the molecule is CC(C)Oc1cc(Cl)c(CC2CCN(C3CCC(O)CC3)C2=O)c(Cl)c1. The van der Waals surface area contributed by atoms with Gasteiger partial charge in [0.15, 0.2) is 0 Å². The summed E-state index contributed by atoms with van der Waals surface area (Å²) in [6.07, 6.45) is 4.59. The van der Waals surface area contributed by atoms with E-state index in [4.69, 9.17) is 27.9 Å². The second kappa shape index (κ2) is 8.37. The third-order valence-corrected chi connectivity index (χ3v) is 6.07. The number of amides is 1. The van der Waals surface area contributed by atoms with Crippen LogP contribution in [0.15, 0.2) is 12.1 Å². The lowest BCUT2D eigenvalue weighted by atomic mass is 9.92. The number of aliphatic hydroxyl groups excluding tert-OH is 1. The molecule has 2 fully saturated rings. The van der Waals surface area contributed by atoms with Gasteiger partial charge < -0.3 is 14.7 Å². The van der Waals surface area contributed by atoms with Gasteiger partial charge in [-0.05, 0) is 70.1 Å². The summed E-state index contributed by atoms with van der Waals surface area (Å²) in [6.45, 7) is 4.69. The predicted molar refractivity (Wildman–Crippen MR) is 104 cm³/mol. The zero-order chi connectivity index (χ0) is 18.8. The molecule has 6 heteroatoms. The van der Waals surface area contributed by atoms with E-state index in [1.54, 1.807) is 12.1 Å². The second-order valence-corrected chi connectivity index (χ2v) is 8.53. The molecule has 2 aliphatic rings. The Morgan fingerprint density at radius 1 is 1.15 bits per heavy atom. The Balaban J connectivity index is 1.67. The first-order chi connectivity index (χ1) is 12.3. The Labute approximate surface area is 165 Å². The van der Waals surface area contributed by atoms with Crippen LogP contribution in [0.2, 0.25) is 10.0 Å². The van der Waals surface area contributed by atoms with E-state index in [0.29, 0.717) is 22.2 Å². The van der Waals surface area contributed by atoms with Gasteiger partial charge in [0, 0.05) is 28.5 Å². The van der Waals surface area contributed by atoms with E-state index in [1.165, 1.54) is 0 Å². The average molecular weight is 400 g/mol. The topological polar surface area (TPSA) is 49.8 Å². The molecule has 4 nitrogen and oxygen atoms in total. The number of hydrogen-bond donors (Lipinski definition) is 1. The van der Waals surface area contributed by atoms with Gasteiger partial charge in [-0.1, -0.05) is 23.2 Å². The summed E-state index contributed by atoms with van der Waals surface area (Å²) in [5.41, 5.74) is 0.823. The van der Waals surface area contributed by atoms with Crippen molar-refractivity contribution in [3.63, 3.8) is 0 Å². The summed E-state index contributed by atoms with van der Waals surface area (Å²) in [7, 11) is 0. The second-order valence-electron chi connectivity index (χ2n) is 7.72. The number of carbonyl (C=O) groups is 1. The van der Waals surface area contributed by atoms with Crippen LogP contribution >= 0.6 is 23.2 Å². The number of rotatable bonds is 5. The maximum atomic E-state index is 12.9. The molecule has 1 N–H and O–H groups in total. The number of ether oxygens (including phenoxy) is 1. The fourth-order valence-corrected chi connectivity index (χ4v) is 4.67. The van der Waals surface area contributed by atoms with Gasteiger partial charge in [0.05, 0.1) is 12.2 Å². The first-order valence-electron chi connectivity index (χ1n) is 9.48. The maximum Gasteiger partial charge on any atom is 0.226 e. The molecular formula is C20H27Cl2NO3. The molecule has 0 spiro atoms. The number of halogens is 2. The van der Waals surface area contributed by atoms with E-state index in [2.05, 4.69) is 0 Å². The number of nitrogens with zero attached hydrogens (tertiary/aromatic N) is 1. The summed E-state index contributed by atoms with van der Waals surface area (Å²) in [5, 5.41) is 10.8. The third-order valence-electron chi connectivity index (χ3n) is 5.39. The first kappa shape index (κ1) is 19.8. The molecule has 0 bridgehead atoms. The number of hydrogen-bond acceptors (Lipinski definition) is 3. The van der Waals surface area contributed by atoms with Crippen molar-refractivity contribution in [2.75, 3.05) is 6.54 Å². The van der Waals surface area contributed by atoms with E-state index in [1.807, 2.05) is 18.7 Å². The monoisotopic (exact) mass is 399 g/mol. The van der Waals surface area contributed by atoms with Crippen molar-refractivity contribution in [2.45, 2.75) is 70.6 Å². The molecular weight excluding hydrogens is 373 g/mol. The lowest BCUT2D eigenvalue weighted by molar-refractivity contribution is -0.133. The predicted octanol–water partition coefficient (Wildman–Crippen LogP) is 4.48. The molecule has 0 aromatic heterocycles. The average Bonchev–Trinajstić information content (AvgIpc) is 2.92. The minimum Gasteiger partial charge on any atom is -0.491 e. The van der Waals surface area contributed by atoms with Crippen molar-refractivity contribution in [2.24, 2.45) is 5.92 Å². The van der Waals surface area contributed by atoms with E-state index in [0.717, 1.165) is 44.2 Å². The van der Waals surface area contributed by atoms with Gasteiger partial charge in [0.2, 0.25) is 5.91 Å². The van der Waals surface area contributed by atoms with Crippen molar-refractivity contribution >= 4 is 29.1 Å². The highest BCUT2D eigenvalue weighted by Gasteiger charge is 2.37. The van der Waals surface area contributed by atoms with Gasteiger partial charge in [-0.3, -0.25) is 4.79 Å². The van der Waals surface area contributed by atoms with E-state index in [-0.39, 0.29) is 30.1 Å². The molecule has 1 aliphatic carbocycles. The van der Waals surface area contributed by atoms with Crippen LogP contribution < -0.4 is 4.74 Å². The molecule has 1 heterocycles. The van der Waals surface area contributed by atoms with Crippen LogP contribution in [0.3, 0.4) is 0 Å². The highest BCUT2D eigenvalue weighted by atomic mass is 35.5. The zero-order valence-electron chi connectivity index (χ0n) is 15.4. The molecule has 1 aliphatic heterocycles. The molecule has 1 amide bonds. The summed E-state index contributed by atoms with van der Waals surface area (Å²) in [6, 6.07) is 3.83. The van der Waals surface area contributed by atoms with Crippen LogP contribution in [-0.2, 0) is 11.2 Å². The van der Waals surface area contributed by atoms with Crippen LogP contribution in [0.5, 0.6) is 5.75 Å². The Bertz CT molecular complexity index is 633. The van der Waals surface area contributed by atoms with Crippen molar-refractivity contribution < 1.29 is 14.6 Å². The standard InChI is InChI=1S/C20H27Cl2NO3/c1-12(2)26-16-10-18(21)17(19(22)11-16)9-13-7-8-23(20(13)25)14-3-5-15(24)6-4-14/h10-15,24H,3-9H2,1-2H3. The van der Waals surface area contributed by atoms with E-state index in [9.17, 15) is 9.90 Å². The molecule has 0 radical (unpaired) electrons. The van der Waals surface area contributed by atoms with Gasteiger partial charge in [-0.2, -0.15) is 0 Å². The van der Waals surface area contributed by atoms with Crippen LogP contribution in [0.25, 0.3) is 0 Å². The molecule has 26 heavy (non-hydrogen) atoms. The zero-order valence-corrected chi connectivity index (χ0v) is 16.9. The third kappa shape index (κ3) is 4.47.